The van der Waals surface area contributed by atoms with Crippen LogP contribution in [0.4, 0.5) is 8.78 Å². The number of H-pyrrole nitrogens is 1. The van der Waals surface area contributed by atoms with Gasteiger partial charge in [-0.3, -0.25) is 4.79 Å². The van der Waals surface area contributed by atoms with Crippen LogP contribution >= 0.6 is 0 Å². The van der Waals surface area contributed by atoms with Crippen molar-refractivity contribution in [2.45, 2.75) is 12.8 Å². The number of pyridine rings is 1. The molecule has 5 rings (SSSR count). The monoisotopic (exact) mass is 500 g/mol. The van der Waals surface area contributed by atoms with Gasteiger partial charge in [0.25, 0.3) is 5.91 Å². The summed E-state index contributed by atoms with van der Waals surface area (Å²) in [6.45, 7) is 0.472. The molecule has 0 bridgehead atoms. The highest BCUT2D eigenvalue weighted by Gasteiger charge is 2.19. The van der Waals surface area contributed by atoms with E-state index < -0.39 is 11.6 Å². The first-order valence-electron chi connectivity index (χ1n) is 11.6. The minimum absolute atomic E-state index is 0.119. The number of nitrogens with one attached hydrogen (secondary N) is 2. The number of imidazole rings is 1. The van der Waals surface area contributed by atoms with Crippen LogP contribution in [-0.4, -0.2) is 44.5 Å². The summed E-state index contributed by atoms with van der Waals surface area (Å²) in [7, 11) is 1.43. The van der Waals surface area contributed by atoms with E-state index in [1.54, 1.807) is 42.7 Å². The third kappa shape index (κ3) is 5.27. The Balaban J connectivity index is 1.50. The number of aromatic nitrogens is 5. The summed E-state index contributed by atoms with van der Waals surface area (Å²) in [5.41, 5.74) is 2.54. The molecule has 0 radical (unpaired) electrons. The summed E-state index contributed by atoms with van der Waals surface area (Å²) in [5.74, 6) is -0.228. The van der Waals surface area contributed by atoms with Crippen LogP contribution in [0.5, 0.6) is 5.88 Å². The Bertz CT molecular complexity index is 1560. The molecule has 10 heteroatoms. The van der Waals surface area contributed by atoms with Gasteiger partial charge in [0.1, 0.15) is 17.3 Å². The smallest absolute Gasteiger partial charge is 0.251 e. The number of carbonyl (C=O) groups excluding carboxylic acids is 1. The molecule has 5 aromatic rings. The van der Waals surface area contributed by atoms with E-state index >= 15 is 0 Å². The average molecular weight is 501 g/mol. The molecule has 0 saturated heterocycles. The van der Waals surface area contributed by atoms with Crippen molar-refractivity contribution < 1.29 is 18.3 Å². The number of aryl methyl sites for hydroxylation is 1. The molecule has 0 atom stereocenters. The minimum atomic E-state index is -0.622. The van der Waals surface area contributed by atoms with Crippen LogP contribution in [-0.2, 0) is 6.42 Å². The second-order valence-corrected chi connectivity index (χ2v) is 8.23. The number of amides is 1. The van der Waals surface area contributed by atoms with Crippen LogP contribution in [0.2, 0.25) is 0 Å². The highest BCUT2D eigenvalue weighted by molar-refractivity contribution is 5.98. The topological polar surface area (TPSA) is 106 Å². The SMILES string of the molecule is COc1cc(-c2nc3cc(C(=O)NCCCc4ncc[nH]4)ccc3nc2-c2ccc(F)cc2)c(F)cn1. The number of hydrogen-bond acceptors (Lipinski definition) is 6. The van der Waals surface area contributed by atoms with Crippen molar-refractivity contribution in [2.24, 2.45) is 0 Å². The van der Waals surface area contributed by atoms with Crippen molar-refractivity contribution in [3.8, 4) is 28.4 Å². The number of nitrogens with zero attached hydrogens (tertiary/aromatic N) is 4. The second kappa shape index (κ2) is 10.5. The summed E-state index contributed by atoms with van der Waals surface area (Å²) in [5, 5.41) is 2.89. The number of carbonyl (C=O) groups is 1. The summed E-state index contributed by atoms with van der Waals surface area (Å²) in [6, 6.07) is 12.1. The molecule has 2 aromatic carbocycles. The highest BCUT2D eigenvalue weighted by Crippen LogP contribution is 2.34. The van der Waals surface area contributed by atoms with Gasteiger partial charge in [-0.25, -0.2) is 28.7 Å². The van der Waals surface area contributed by atoms with Crippen LogP contribution in [0.1, 0.15) is 22.6 Å². The van der Waals surface area contributed by atoms with Crippen molar-refractivity contribution in [2.75, 3.05) is 13.7 Å². The molecule has 3 heterocycles. The van der Waals surface area contributed by atoms with Crippen LogP contribution in [0.3, 0.4) is 0 Å². The van der Waals surface area contributed by atoms with Crippen LogP contribution < -0.4 is 10.1 Å². The number of ether oxygens (including phenoxy) is 1. The van der Waals surface area contributed by atoms with Gasteiger partial charge in [0.2, 0.25) is 5.88 Å². The third-order valence-electron chi connectivity index (χ3n) is 5.77. The number of aromatic amines is 1. The molecule has 0 spiro atoms. The first-order chi connectivity index (χ1) is 18.0. The lowest BCUT2D eigenvalue weighted by atomic mass is 10.0. The van der Waals surface area contributed by atoms with Gasteiger partial charge in [-0.15, -0.1) is 0 Å². The first-order valence-corrected chi connectivity index (χ1v) is 11.6. The lowest BCUT2D eigenvalue weighted by molar-refractivity contribution is 0.0953. The Labute approximate surface area is 210 Å². The van der Waals surface area contributed by atoms with E-state index in [1.807, 2.05) is 0 Å². The standard InChI is InChI=1S/C27H22F2N6O2/c1-37-24-14-19(20(29)15-33-24)26-25(16-4-7-18(28)8-5-16)34-21-9-6-17(13-22(21)35-26)27(36)32-10-2-3-23-30-11-12-31-23/h4-9,11-15H,2-3,10H2,1H3,(H,30,31)(H,32,36). The number of fused-ring (bicyclic) bond motifs is 1. The number of hydrogen-bond donors (Lipinski definition) is 2. The van der Waals surface area contributed by atoms with Crippen molar-refractivity contribution in [3.63, 3.8) is 0 Å². The number of halogens is 2. The molecule has 37 heavy (non-hydrogen) atoms. The van der Waals surface area contributed by atoms with Crippen molar-refractivity contribution >= 4 is 16.9 Å². The molecular formula is C27H22F2N6O2. The van der Waals surface area contributed by atoms with Gasteiger partial charge in [0.15, 0.2) is 5.82 Å². The molecule has 0 aliphatic rings. The van der Waals surface area contributed by atoms with E-state index in [9.17, 15) is 13.6 Å². The van der Waals surface area contributed by atoms with Gasteiger partial charge < -0.3 is 15.0 Å². The van der Waals surface area contributed by atoms with E-state index in [4.69, 9.17) is 9.72 Å². The fourth-order valence-electron chi connectivity index (χ4n) is 3.90. The lowest BCUT2D eigenvalue weighted by Gasteiger charge is -2.13. The molecule has 0 aliphatic carbocycles. The quantitative estimate of drug-likeness (QED) is 0.299. The third-order valence-corrected chi connectivity index (χ3v) is 5.77. The summed E-state index contributed by atoms with van der Waals surface area (Å²) in [6.07, 6.45) is 5.93. The maximum absolute atomic E-state index is 14.9. The molecular weight excluding hydrogens is 478 g/mol. The average Bonchev–Trinajstić information content (AvgIpc) is 3.44. The molecule has 0 fully saturated rings. The predicted octanol–water partition coefficient (Wildman–Crippen LogP) is 4.73. The molecule has 0 unspecified atom stereocenters. The normalized spacial score (nSPS) is 11.0. The second-order valence-electron chi connectivity index (χ2n) is 8.23. The first kappa shape index (κ1) is 24.0. The van der Waals surface area contributed by atoms with Gasteiger partial charge in [0, 0.05) is 48.1 Å². The van der Waals surface area contributed by atoms with Crippen molar-refractivity contribution in [1.82, 2.24) is 30.2 Å². The summed E-state index contributed by atoms with van der Waals surface area (Å²) < 4.78 is 33.7. The van der Waals surface area contributed by atoms with Gasteiger partial charge >= 0.3 is 0 Å². The lowest BCUT2D eigenvalue weighted by Crippen LogP contribution is -2.24. The van der Waals surface area contributed by atoms with E-state index in [-0.39, 0.29) is 23.0 Å². The van der Waals surface area contributed by atoms with Crippen molar-refractivity contribution in [1.29, 1.82) is 0 Å². The molecule has 2 N–H and O–H groups in total. The predicted molar refractivity (Wildman–Crippen MR) is 134 cm³/mol. The van der Waals surface area contributed by atoms with E-state index in [0.717, 1.165) is 18.4 Å². The Morgan fingerprint density at radius 3 is 2.57 bits per heavy atom. The van der Waals surface area contributed by atoms with Gasteiger partial charge in [-0.2, -0.15) is 0 Å². The van der Waals surface area contributed by atoms with Gasteiger partial charge in [0.05, 0.1) is 30.0 Å². The van der Waals surface area contributed by atoms with Gasteiger partial charge in [-0.05, 0) is 48.9 Å². The Morgan fingerprint density at radius 1 is 1.00 bits per heavy atom. The van der Waals surface area contributed by atoms with Crippen LogP contribution in [0, 0.1) is 11.6 Å². The fourth-order valence-corrected chi connectivity index (χ4v) is 3.90. The summed E-state index contributed by atoms with van der Waals surface area (Å²) in [4.78, 5) is 33.2. The molecule has 8 nitrogen and oxygen atoms in total. The zero-order valence-electron chi connectivity index (χ0n) is 19.8. The van der Waals surface area contributed by atoms with Crippen LogP contribution in [0.15, 0.2) is 67.1 Å². The largest absolute Gasteiger partial charge is 0.481 e. The molecule has 0 saturated carbocycles. The zero-order valence-corrected chi connectivity index (χ0v) is 19.8. The van der Waals surface area contributed by atoms with Crippen LogP contribution in [0.25, 0.3) is 33.5 Å². The van der Waals surface area contributed by atoms with E-state index in [1.165, 1.54) is 25.3 Å². The Morgan fingerprint density at radius 2 is 1.81 bits per heavy atom. The molecule has 1 amide bonds. The van der Waals surface area contributed by atoms with E-state index in [0.29, 0.717) is 40.8 Å². The maximum Gasteiger partial charge on any atom is 0.251 e. The minimum Gasteiger partial charge on any atom is -0.481 e. The summed E-state index contributed by atoms with van der Waals surface area (Å²) >= 11 is 0. The number of benzene rings is 2. The Hall–Kier alpha value is -4.73. The number of rotatable bonds is 8. The van der Waals surface area contributed by atoms with E-state index in [2.05, 4.69) is 25.3 Å². The van der Waals surface area contributed by atoms with Crippen molar-refractivity contribution in [3.05, 3.63) is 90.1 Å². The Kier molecular flexibility index (Phi) is 6.80. The zero-order chi connectivity index (χ0) is 25.8. The fraction of sp³-hybridized carbons (Fsp3) is 0.148. The molecule has 3 aromatic heterocycles. The molecule has 0 aliphatic heterocycles. The highest BCUT2D eigenvalue weighted by atomic mass is 19.1. The maximum atomic E-state index is 14.9. The molecule has 186 valence electrons. The number of methoxy groups -OCH3 is 1. The van der Waals surface area contributed by atoms with Gasteiger partial charge in [-0.1, -0.05) is 0 Å².